The number of likely N-dealkylation sites (N-methyl/N-ethyl adjacent to an activating group) is 1. The van der Waals surface area contributed by atoms with Crippen molar-refractivity contribution in [3.05, 3.63) is 54.4 Å². The Kier molecular flexibility index (Phi) is 4.63. The van der Waals surface area contributed by atoms with Crippen molar-refractivity contribution in [1.29, 1.82) is 0 Å². The van der Waals surface area contributed by atoms with Crippen LogP contribution in [0.3, 0.4) is 0 Å². The molecule has 3 aromatic rings. The minimum absolute atomic E-state index is 0.143. The van der Waals surface area contributed by atoms with Crippen molar-refractivity contribution < 1.29 is 19.2 Å². The molecule has 0 aliphatic carbocycles. The highest BCUT2D eigenvalue weighted by atomic mass is 16.5. The van der Waals surface area contributed by atoms with E-state index in [1.807, 2.05) is 30.3 Å². The van der Waals surface area contributed by atoms with E-state index in [9.17, 15) is 14.7 Å². The molecule has 0 spiro atoms. The molecular formula is C21H20N4O4. The van der Waals surface area contributed by atoms with Gasteiger partial charge in [0.05, 0.1) is 0 Å². The van der Waals surface area contributed by atoms with Gasteiger partial charge in [0.25, 0.3) is 5.91 Å². The first kappa shape index (κ1) is 18.8. The summed E-state index contributed by atoms with van der Waals surface area (Å²) in [6.45, 7) is 1.89. The Bertz CT molecular complexity index is 1090. The van der Waals surface area contributed by atoms with Crippen LogP contribution in [0, 0.1) is 0 Å². The molecule has 1 saturated heterocycles. The normalized spacial score (nSPS) is 18.9. The first-order chi connectivity index (χ1) is 13.9. The van der Waals surface area contributed by atoms with Crippen LogP contribution in [-0.2, 0) is 15.2 Å². The van der Waals surface area contributed by atoms with E-state index in [1.165, 1.54) is 11.8 Å². The molecular weight excluding hydrogens is 372 g/mol. The van der Waals surface area contributed by atoms with Gasteiger partial charge in [-0.2, -0.15) is 0 Å². The molecule has 1 atom stereocenters. The standard InChI is InChI=1S/C21H20N4O4/c1-13(26)23-19-11-15(6-8-22-19)14-4-3-5-16(10-14)17-12-18(29-24-17)21(28)7-9-25(2)20(21)27/h3-6,8,10-12,28H,7,9H2,1-2H3,(H,22,23,26)/t21-/m1/s1. The predicted octanol–water partition coefficient (Wildman–Crippen LogP) is 2.41. The minimum atomic E-state index is -1.67. The molecule has 2 amide bonds. The lowest BCUT2D eigenvalue weighted by atomic mass is 9.97. The fraction of sp³-hybridized carbons (Fsp3) is 0.238. The lowest BCUT2D eigenvalue weighted by molar-refractivity contribution is -0.144. The number of nitrogens with zero attached hydrogens (tertiary/aromatic N) is 3. The molecule has 1 aliphatic heterocycles. The number of aliphatic hydroxyl groups is 1. The van der Waals surface area contributed by atoms with Gasteiger partial charge in [-0.05, 0) is 29.3 Å². The van der Waals surface area contributed by atoms with Crippen LogP contribution in [-0.4, -0.2) is 45.6 Å². The molecule has 0 radical (unpaired) electrons. The second-order valence-electron chi connectivity index (χ2n) is 7.11. The third-order valence-corrected chi connectivity index (χ3v) is 4.98. The number of carbonyl (C=O) groups is 2. The Morgan fingerprint density at radius 3 is 2.69 bits per heavy atom. The molecule has 148 valence electrons. The average molecular weight is 392 g/mol. The number of amides is 2. The number of nitrogens with one attached hydrogen (secondary N) is 1. The smallest absolute Gasteiger partial charge is 0.262 e. The average Bonchev–Trinajstić information content (AvgIpc) is 3.30. The molecule has 2 N–H and O–H groups in total. The molecule has 1 aromatic carbocycles. The fourth-order valence-electron chi connectivity index (χ4n) is 3.41. The van der Waals surface area contributed by atoms with Crippen molar-refractivity contribution in [2.75, 3.05) is 18.9 Å². The number of likely N-dealkylation sites (tertiary alicyclic amines) is 1. The van der Waals surface area contributed by atoms with Gasteiger partial charge in [-0.3, -0.25) is 9.59 Å². The predicted molar refractivity (Wildman–Crippen MR) is 106 cm³/mol. The van der Waals surface area contributed by atoms with Crippen LogP contribution in [0.4, 0.5) is 5.82 Å². The molecule has 8 heteroatoms. The zero-order chi connectivity index (χ0) is 20.6. The van der Waals surface area contributed by atoms with E-state index in [0.717, 1.165) is 16.7 Å². The number of carbonyl (C=O) groups excluding carboxylic acids is 2. The maximum Gasteiger partial charge on any atom is 0.262 e. The molecule has 0 unspecified atom stereocenters. The Morgan fingerprint density at radius 1 is 1.21 bits per heavy atom. The van der Waals surface area contributed by atoms with E-state index in [4.69, 9.17) is 4.52 Å². The molecule has 0 saturated carbocycles. The maximum atomic E-state index is 12.3. The van der Waals surface area contributed by atoms with Crippen LogP contribution in [0.5, 0.6) is 0 Å². The Balaban J connectivity index is 1.65. The molecule has 8 nitrogen and oxygen atoms in total. The highest BCUT2D eigenvalue weighted by molar-refractivity contribution is 5.89. The summed E-state index contributed by atoms with van der Waals surface area (Å²) >= 11 is 0. The summed E-state index contributed by atoms with van der Waals surface area (Å²) < 4.78 is 5.33. The first-order valence-corrected chi connectivity index (χ1v) is 9.16. The van der Waals surface area contributed by atoms with Crippen LogP contribution in [0.1, 0.15) is 19.1 Å². The topological polar surface area (TPSA) is 109 Å². The zero-order valence-electron chi connectivity index (χ0n) is 16.0. The van der Waals surface area contributed by atoms with Gasteiger partial charge in [0.2, 0.25) is 11.5 Å². The van der Waals surface area contributed by atoms with Gasteiger partial charge in [-0.15, -0.1) is 0 Å². The number of rotatable bonds is 4. The van der Waals surface area contributed by atoms with Gasteiger partial charge < -0.3 is 19.8 Å². The lowest BCUT2D eigenvalue weighted by Gasteiger charge is -2.16. The largest absolute Gasteiger partial charge is 0.373 e. The van der Waals surface area contributed by atoms with E-state index >= 15 is 0 Å². The van der Waals surface area contributed by atoms with Crippen LogP contribution < -0.4 is 5.32 Å². The molecule has 2 aromatic heterocycles. The minimum Gasteiger partial charge on any atom is -0.373 e. The van der Waals surface area contributed by atoms with Crippen molar-refractivity contribution in [3.8, 4) is 22.4 Å². The number of benzene rings is 1. The van der Waals surface area contributed by atoms with Gasteiger partial charge in [-0.25, -0.2) is 4.98 Å². The fourth-order valence-corrected chi connectivity index (χ4v) is 3.41. The molecule has 1 fully saturated rings. The van der Waals surface area contributed by atoms with E-state index in [0.29, 0.717) is 18.1 Å². The maximum absolute atomic E-state index is 12.3. The monoisotopic (exact) mass is 392 g/mol. The van der Waals surface area contributed by atoms with Crippen molar-refractivity contribution in [2.24, 2.45) is 0 Å². The number of hydrogen-bond donors (Lipinski definition) is 2. The van der Waals surface area contributed by atoms with Gasteiger partial charge in [0.1, 0.15) is 11.5 Å². The lowest BCUT2D eigenvalue weighted by Crippen LogP contribution is -2.35. The van der Waals surface area contributed by atoms with Crippen LogP contribution in [0.25, 0.3) is 22.4 Å². The summed E-state index contributed by atoms with van der Waals surface area (Å²) in [5.41, 5.74) is 1.40. The summed E-state index contributed by atoms with van der Waals surface area (Å²) in [4.78, 5) is 29.1. The van der Waals surface area contributed by atoms with Crippen molar-refractivity contribution >= 4 is 17.6 Å². The molecule has 1 aliphatic rings. The molecule has 29 heavy (non-hydrogen) atoms. The summed E-state index contributed by atoms with van der Waals surface area (Å²) in [6, 6.07) is 12.8. The third-order valence-electron chi connectivity index (χ3n) is 4.98. The quantitative estimate of drug-likeness (QED) is 0.706. The second-order valence-corrected chi connectivity index (χ2v) is 7.11. The third kappa shape index (κ3) is 3.50. The summed E-state index contributed by atoms with van der Waals surface area (Å²) in [5.74, 6) is 0.0270. The SMILES string of the molecule is CC(=O)Nc1cc(-c2cccc(-c3cc([C@]4(O)CCN(C)C4=O)on3)c2)ccn1. The molecule has 0 bridgehead atoms. The summed E-state index contributed by atoms with van der Waals surface area (Å²) in [5, 5.41) is 17.4. The van der Waals surface area contributed by atoms with E-state index in [2.05, 4.69) is 15.5 Å². The Hall–Kier alpha value is -3.52. The van der Waals surface area contributed by atoms with Crippen LogP contribution in [0.15, 0.2) is 53.2 Å². The van der Waals surface area contributed by atoms with Crippen molar-refractivity contribution in [2.45, 2.75) is 18.9 Å². The number of pyridine rings is 1. The first-order valence-electron chi connectivity index (χ1n) is 9.16. The number of hydrogen-bond acceptors (Lipinski definition) is 6. The molecule has 3 heterocycles. The van der Waals surface area contributed by atoms with E-state index < -0.39 is 11.5 Å². The van der Waals surface area contributed by atoms with Gasteiger partial charge in [0, 0.05) is 44.8 Å². The summed E-state index contributed by atoms with van der Waals surface area (Å²) in [7, 11) is 1.64. The summed E-state index contributed by atoms with van der Waals surface area (Å²) in [6.07, 6.45) is 1.89. The van der Waals surface area contributed by atoms with Crippen molar-refractivity contribution in [1.82, 2.24) is 15.0 Å². The highest BCUT2D eigenvalue weighted by Crippen LogP contribution is 2.35. The van der Waals surface area contributed by atoms with Gasteiger partial charge >= 0.3 is 0 Å². The number of anilines is 1. The Labute approximate surface area is 167 Å². The molecule has 4 rings (SSSR count). The highest BCUT2D eigenvalue weighted by Gasteiger charge is 2.48. The van der Waals surface area contributed by atoms with E-state index in [-0.39, 0.29) is 18.1 Å². The van der Waals surface area contributed by atoms with Gasteiger partial charge in [0.15, 0.2) is 5.76 Å². The van der Waals surface area contributed by atoms with Crippen LogP contribution >= 0.6 is 0 Å². The Morgan fingerprint density at radius 2 is 1.97 bits per heavy atom. The van der Waals surface area contributed by atoms with E-state index in [1.54, 1.807) is 25.4 Å². The van der Waals surface area contributed by atoms with Crippen LogP contribution in [0.2, 0.25) is 0 Å². The number of aromatic nitrogens is 2. The van der Waals surface area contributed by atoms with Gasteiger partial charge in [-0.1, -0.05) is 23.4 Å². The van der Waals surface area contributed by atoms with Crippen molar-refractivity contribution in [3.63, 3.8) is 0 Å². The zero-order valence-corrected chi connectivity index (χ0v) is 16.0. The second kappa shape index (κ2) is 7.14.